The SMILES string of the molecule is CCNC(=O)[C@@H](CC)N(Cc1ccc(F)cc1)C(=O)CN(c1ccc(Cl)c(C(F)(F)F)c1)S(=O)(=O)c1ccc(C)cc1. The van der Waals surface area contributed by atoms with Gasteiger partial charge in [-0.2, -0.15) is 13.2 Å². The standard InChI is InChI=1S/C29H30ClF4N3O4S/c1-4-26(28(39)35-5-2)36(17-20-8-10-21(31)11-9-20)27(38)18-37(42(40,41)23-13-6-19(3)7-14-23)22-12-15-25(30)24(16-22)29(32,33)34/h6-16,26H,4-5,17-18H2,1-3H3,(H,35,39)/t26-/m1/s1. The van der Waals surface area contributed by atoms with Crippen molar-refractivity contribution < 1.29 is 35.6 Å². The highest BCUT2D eigenvalue weighted by Crippen LogP contribution is 2.38. The quantitative estimate of drug-likeness (QED) is 0.267. The van der Waals surface area contributed by atoms with Crippen molar-refractivity contribution in [1.29, 1.82) is 0 Å². The van der Waals surface area contributed by atoms with Gasteiger partial charge < -0.3 is 10.2 Å². The highest BCUT2D eigenvalue weighted by atomic mass is 35.5. The Hall–Kier alpha value is -3.64. The second kappa shape index (κ2) is 13.6. The van der Waals surface area contributed by atoms with Gasteiger partial charge in [-0.3, -0.25) is 13.9 Å². The molecule has 0 aliphatic heterocycles. The molecule has 1 atom stereocenters. The Morgan fingerprint density at radius 3 is 2.14 bits per heavy atom. The lowest BCUT2D eigenvalue weighted by molar-refractivity contribution is -0.140. The van der Waals surface area contributed by atoms with E-state index in [4.69, 9.17) is 11.6 Å². The summed E-state index contributed by atoms with van der Waals surface area (Å²) in [5.41, 5.74) is -0.546. The van der Waals surface area contributed by atoms with Crippen LogP contribution in [0.3, 0.4) is 0 Å². The number of benzene rings is 3. The van der Waals surface area contributed by atoms with Crippen molar-refractivity contribution in [1.82, 2.24) is 10.2 Å². The van der Waals surface area contributed by atoms with Crippen molar-refractivity contribution in [3.8, 4) is 0 Å². The first-order valence-corrected chi connectivity index (χ1v) is 14.8. The molecule has 0 unspecified atom stereocenters. The molecule has 0 spiro atoms. The minimum absolute atomic E-state index is 0.142. The Morgan fingerprint density at radius 2 is 1.60 bits per heavy atom. The molecule has 0 fully saturated rings. The van der Waals surface area contributed by atoms with Crippen LogP contribution < -0.4 is 9.62 Å². The number of carbonyl (C=O) groups excluding carboxylic acids is 2. The van der Waals surface area contributed by atoms with Crippen molar-refractivity contribution >= 4 is 39.1 Å². The summed E-state index contributed by atoms with van der Waals surface area (Å²) in [6.45, 7) is 4.19. The van der Waals surface area contributed by atoms with Crippen LogP contribution in [0.25, 0.3) is 0 Å². The van der Waals surface area contributed by atoms with Gasteiger partial charge in [0.1, 0.15) is 18.4 Å². The number of sulfonamides is 1. The van der Waals surface area contributed by atoms with E-state index < -0.39 is 62.7 Å². The summed E-state index contributed by atoms with van der Waals surface area (Å²) in [4.78, 5) is 27.7. The van der Waals surface area contributed by atoms with E-state index >= 15 is 0 Å². The van der Waals surface area contributed by atoms with E-state index in [9.17, 15) is 35.6 Å². The third kappa shape index (κ3) is 7.80. The van der Waals surface area contributed by atoms with Gasteiger partial charge in [0.2, 0.25) is 11.8 Å². The van der Waals surface area contributed by atoms with Crippen LogP contribution in [0.1, 0.15) is 37.0 Å². The Labute approximate surface area is 247 Å². The maximum atomic E-state index is 13.9. The molecule has 0 radical (unpaired) electrons. The van der Waals surface area contributed by atoms with Gasteiger partial charge in [0.15, 0.2) is 0 Å². The van der Waals surface area contributed by atoms with Gasteiger partial charge in [-0.25, -0.2) is 12.8 Å². The van der Waals surface area contributed by atoms with Crippen LogP contribution in [0.2, 0.25) is 5.02 Å². The van der Waals surface area contributed by atoms with Crippen molar-refractivity contribution in [2.45, 2.75) is 50.9 Å². The number of hydrogen-bond acceptors (Lipinski definition) is 4. The molecule has 0 aromatic heterocycles. The van der Waals surface area contributed by atoms with Crippen molar-refractivity contribution in [2.75, 3.05) is 17.4 Å². The van der Waals surface area contributed by atoms with E-state index in [2.05, 4.69) is 5.32 Å². The number of carbonyl (C=O) groups is 2. The molecule has 0 saturated heterocycles. The number of anilines is 1. The summed E-state index contributed by atoms with van der Waals surface area (Å²) in [5, 5.41) is 1.99. The molecule has 13 heteroatoms. The molecule has 3 rings (SSSR count). The van der Waals surface area contributed by atoms with Crippen LogP contribution >= 0.6 is 11.6 Å². The van der Waals surface area contributed by atoms with Crippen molar-refractivity contribution in [3.63, 3.8) is 0 Å². The van der Waals surface area contributed by atoms with Crippen molar-refractivity contribution in [3.05, 3.63) is 94.3 Å². The van der Waals surface area contributed by atoms with Gasteiger partial charge in [0, 0.05) is 13.1 Å². The Balaban J connectivity index is 2.14. The topological polar surface area (TPSA) is 86.8 Å². The minimum atomic E-state index is -4.91. The van der Waals surface area contributed by atoms with Crippen LogP contribution in [-0.2, 0) is 32.3 Å². The van der Waals surface area contributed by atoms with Crippen LogP contribution in [-0.4, -0.2) is 44.3 Å². The Morgan fingerprint density at radius 1 is 0.976 bits per heavy atom. The molecule has 42 heavy (non-hydrogen) atoms. The monoisotopic (exact) mass is 627 g/mol. The van der Waals surface area contributed by atoms with E-state index in [1.165, 1.54) is 48.5 Å². The van der Waals surface area contributed by atoms with Gasteiger partial charge in [0.25, 0.3) is 10.0 Å². The molecule has 0 heterocycles. The average Bonchev–Trinajstić information content (AvgIpc) is 2.92. The summed E-state index contributed by atoms with van der Waals surface area (Å²) in [6, 6.07) is 12.2. The fourth-order valence-electron chi connectivity index (χ4n) is 4.25. The summed E-state index contributed by atoms with van der Waals surface area (Å²) in [7, 11) is -4.59. The van der Waals surface area contributed by atoms with E-state index in [0.29, 0.717) is 15.9 Å². The zero-order valence-electron chi connectivity index (χ0n) is 23.1. The van der Waals surface area contributed by atoms with Crippen LogP contribution in [0.15, 0.2) is 71.6 Å². The van der Waals surface area contributed by atoms with Gasteiger partial charge in [-0.05, 0) is 68.3 Å². The molecular weight excluding hydrogens is 598 g/mol. The third-order valence-electron chi connectivity index (χ3n) is 6.43. The van der Waals surface area contributed by atoms with Crippen LogP contribution in [0, 0.1) is 12.7 Å². The lowest BCUT2D eigenvalue weighted by Gasteiger charge is -2.33. The first-order valence-electron chi connectivity index (χ1n) is 13.0. The number of nitrogens with zero attached hydrogens (tertiary/aromatic N) is 2. The van der Waals surface area contributed by atoms with Crippen LogP contribution in [0.4, 0.5) is 23.2 Å². The fourth-order valence-corrected chi connectivity index (χ4v) is 5.88. The predicted molar refractivity (Wildman–Crippen MR) is 152 cm³/mol. The number of likely N-dealkylation sites (N-methyl/N-ethyl adjacent to an activating group) is 1. The van der Waals surface area contributed by atoms with Crippen LogP contribution in [0.5, 0.6) is 0 Å². The molecule has 0 aliphatic rings. The molecule has 226 valence electrons. The summed E-state index contributed by atoms with van der Waals surface area (Å²) >= 11 is 5.78. The van der Waals surface area contributed by atoms with E-state index in [1.54, 1.807) is 20.8 Å². The predicted octanol–water partition coefficient (Wildman–Crippen LogP) is 5.95. The third-order valence-corrected chi connectivity index (χ3v) is 8.55. The maximum absolute atomic E-state index is 13.9. The van der Waals surface area contributed by atoms with E-state index in [-0.39, 0.29) is 24.4 Å². The minimum Gasteiger partial charge on any atom is -0.355 e. The summed E-state index contributed by atoms with van der Waals surface area (Å²) in [6.07, 6.45) is -4.76. The Bertz CT molecular complexity index is 1520. The molecule has 0 saturated carbocycles. The molecule has 3 aromatic rings. The molecule has 7 nitrogen and oxygen atoms in total. The number of amides is 2. The lowest BCUT2D eigenvalue weighted by Crippen LogP contribution is -2.52. The summed E-state index contributed by atoms with van der Waals surface area (Å²) in [5.74, 6) is -1.89. The lowest BCUT2D eigenvalue weighted by atomic mass is 10.1. The van der Waals surface area contributed by atoms with Gasteiger partial charge in [0.05, 0.1) is 21.2 Å². The Kier molecular flexibility index (Phi) is 10.6. The molecule has 0 aliphatic carbocycles. The second-order valence-electron chi connectivity index (χ2n) is 9.45. The number of nitrogens with one attached hydrogen (secondary N) is 1. The molecule has 1 N–H and O–H groups in total. The first kappa shape index (κ1) is 32.9. The van der Waals surface area contributed by atoms with E-state index in [0.717, 1.165) is 22.6 Å². The maximum Gasteiger partial charge on any atom is 0.417 e. The molecule has 3 aromatic carbocycles. The molecular formula is C29H30ClF4N3O4S. The average molecular weight is 628 g/mol. The smallest absolute Gasteiger partial charge is 0.355 e. The fraction of sp³-hybridized carbons (Fsp3) is 0.310. The first-order chi connectivity index (χ1) is 19.7. The number of alkyl halides is 3. The summed E-state index contributed by atoms with van der Waals surface area (Å²) < 4.78 is 83.0. The number of rotatable bonds is 11. The zero-order chi connectivity index (χ0) is 31.2. The highest BCUT2D eigenvalue weighted by molar-refractivity contribution is 7.92. The van der Waals surface area contributed by atoms with Gasteiger partial charge in [-0.15, -0.1) is 0 Å². The number of aryl methyl sites for hydroxylation is 1. The van der Waals surface area contributed by atoms with E-state index in [1.807, 2.05) is 0 Å². The highest BCUT2D eigenvalue weighted by Gasteiger charge is 2.37. The zero-order valence-corrected chi connectivity index (χ0v) is 24.7. The number of halogens is 5. The number of hydrogen-bond donors (Lipinski definition) is 1. The van der Waals surface area contributed by atoms with Gasteiger partial charge in [-0.1, -0.05) is 48.4 Å². The normalized spacial score (nSPS) is 12.5. The molecule has 0 bridgehead atoms. The van der Waals surface area contributed by atoms with Gasteiger partial charge >= 0.3 is 6.18 Å². The second-order valence-corrected chi connectivity index (χ2v) is 11.7. The van der Waals surface area contributed by atoms with Crippen molar-refractivity contribution in [2.24, 2.45) is 0 Å². The largest absolute Gasteiger partial charge is 0.417 e. The molecule has 2 amide bonds.